The van der Waals surface area contributed by atoms with Gasteiger partial charge in [-0.25, -0.2) is 8.42 Å². The first kappa shape index (κ1) is 16.9. The van der Waals surface area contributed by atoms with Crippen LogP contribution in [0.5, 0.6) is 0 Å². The fraction of sp³-hybridized carbons (Fsp3) is 1.00. The molecule has 1 aliphatic heterocycles. The van der Waals surface area contributed by atoms with Crippen LogP contribution in [0, 0.1) is 0 Å². The highest BCUT2D eigenvalue weighted by molar-refractivity contribution is 7.88. The van der Waals surface area contributed by atoms with Gasteiger partial charge in [-0.2, -0.15) is 4.31 Å². The Labute approximate surface area is 119 Å². The maximum absolute atomic E-state index is 11.5. The predicted molar refractivity (Wildman–Crippen MR) is 80.8 cm³/mol. The minimum Gasteiger partial charge on any atom is -0.295 e. The third-order valence-electron chi connectivity index (χ3n) is 4.55. The van der Waals surface area contributed by atoms with Crippen molar-refractivity contribution in [1.82, 2.24) is 9.21 Å². The highest BCUT2D eigenvalue weighted by Crippen LogP contribution is 2.27. The van der Waals surface area contributed by atoms with E-state index >= 15 is 0 Å². The second-order valence-electron chi connectivity index (χ2n) is 5.96. The summed E-state index contributed by atoms with van der Waals surface area (Å²) in [6.45, 7) is 9.82. The molecule has 0 aliphatic carbocycles. The third kappa shape index (κ3) is 4.72. The van der Waals surface area contributed by atoms with E-state index in [1.807, 2.05) is 0 Å². The first-order valence-electron chi connectivity index (χ1n) is 7.53. The zero-order valence-electron chi connectivity index (χ0n) is 13.0. The highest BCUT2D eigenvalue weighted by atomic mass is 32.2. The Morgan fingerprint density at radius 2 is 1.63 bits per heavy atom. The van der Waals surface area contributed by atoms with Crippen molar-refractivity contribution in [1.29, 1.82) is 0 Å². The molecule has 4 nitrogen and oxygen atoms in total. The van der Waals surface area contributed by atoms with Crippen molar-refractivity contribution in [3.8, 4) is 0 Å². The largest absolute Gasteiger partial charge is 0.295 e. The number of nitrogens with zero attached hydrogens (tertiary/aromatic N) is 2. The van der Waals surface area contributed by atoms with Crippen LogP contribution in [-0.2, 0) is 10.0 Å². The van der Waals surface area contributed by atoms with Gasteiger partial charge >= 0.3 is 0 Å². The molecule has 0 spiro atoms. The summed E-state index contributed by atoms with van der Waals surface area (Å²) >= 11 is 0. The van der Waals surface area contributed by atoms with Crippen molar-refractivity contribution in [2.45, 2.75) is 58.4 Å². The Morgan fingerprint density at radius 1 is 1.05 bits per heavy atom. The fourth-order valence-corrected chi connectivity index (χ4v) is 3.70. The van der Waals surface area contributed by atoms with Gasteiger partial charge in [0.2, 0.25) is 10.0 Å². The molecule has 1 heterocycles. The predicted octanol–water partition coefficient (Wildman–Crippen LogP) is 2.31. The molecule has 1 fully saturated rings. The van der Waals surface area contributed by atoms with Crippen molar-refractivity contribution in [2.75, 3.05) is 32.4 Å². The van der Waals surface area contributed by atoms with Gasteiger partial charge in [0, 0.05) is 31.7 Å². The van der Waals surface area contributed by atoms with Gasteiger partial charge in [0.05, 0.1) is 6.26 Å². The first-order valence-corrected chi connectivity index (χ1v) is 9.38. The molecule has 1 unspecified atom stereocenters. The fourth-order valence-electron chi connectivity index (χ4n) is 2.87. The maximum atomic E-state index is 11.5. The molecular formula is C14H30N2O2S. The maximum Gasteiger partial charge on any atom is 0.211 e. The number of sulfonamides is 1. The quantitative estimate of drug-likeness (QED) is 0.676. The molecular weight excluding hydrogens is 260 g/mol. The number of hydrogen-bond acceptors (Lipinski definition) is 3. The molecule has 0 aromatic heterocycles. The van der Waals surface area contributed by atoms with Crippen molar-refractivity contribution in [2.24, 2.45) is 0 Å². The summed E-state index contributed by atoms with van der Waals surface area (Å²) < 4.78 is 24.7. The van der Waals surface area contributed by atoms with Crippen molar-refractivity contribution in [3.05, 3.63) is 0 Å². The molecule has 0 bridgehead atoms. The van der Waals surface area contributed by atoms with Gasteiger partial charge in [-0.15, -0.1) is 0 Å². The van der Waals surface area contributed by atoms with E-state index < -0.39 is 10.0 Å². The Bertz CT molecular complexity index is 362. The van der Waals surface area contributed by atoms with E-state index in [0.717, 1.165) is 19.5 Å². The van der Waals surface area contributed by atoms with E-state index in [2.05, 4.69) is 25.7 Å². The molecule has 0 N–H and O–H groups in total. The zero-order valence-corrected chi connectivity index (χ0v) is 13.8. The number of piperazine rings is 1. The molecule has 1 rings (SSSR count). The summed E-state index contributed by atoms with van der Waals surface area (Å²) in [6.07, 6.45) is 7.47. The number of hydrogen-bond donors (Lipinski definition) is 0. The Kier molecular flexibility index (Phi) is 6.27. The lowest BCUT2D eigenvalue weighted by atomic mass is 9.89. The molecule has 1 saturated heterocycles. The van der Waals surface area contributed by atoms with Gasteiger partial charge in [-0.3, -0.25) is 4.90 Å². The van der Waals surface area contributed by atoms with Crippen molar-refractivity contribution < 1.29 is 8.42 Å². The second kappa shape index (κ2) is 7.04. The van der Waals surface area contributed by atoms with E-state index in [9.17, 15) is 8.42 Å². The monoisotopic (exact) mass is 290 g/mol. The Hall–Kier alpha value is -0.130. The molecule has 1 atom stereocenters. The first-order chi connectivity index (χ1) is 8.83. The van der Waals surface area contributed by atoms with Gasteiger partial charge in [-0.1, -0.05) is 33.1 Å². The standard InChI is InChI=1S/C14H30N2O2S/c1-5-7-8-9-14(3,6-2)15-10-12-16(13-11-15)19(4,17)18/h5-13H2,1-4H3. The van der Waals surface area contributed by atoms with Gasteiger partial charge in [-0.05, 0) is 19.8 Å². The minimum atomic E-state index is -3.02. The van der Waals surface area contributed by atoms with Crippen LogP contribution in [0.4, 0.5) is 0 Å². The molecule has 5 heteroatoms. The number of rotatable bonds is 7. The molecule has 114 valence electrons. The Morgan fingerprint density at radius 3 is 2.05 bits per heavy atom. The number of unbranched alkanes of at least 4 members (excludes halogenated alkanes) is 2. The van der Waals surface area contributed by atoms with Crippen LogP contribution in [0.2, 0.25) is 0 Å². The highest BCUT2D eigenvalue weighted by Gasteiger charge is 2.33. The van der Waals surface area contributed by atoms with Gasteiger partial charge in [0.15, 0.2) is 0 Å². The summed E-state index contributed by atoms with van der Waals surface area (Å²) in [6, 6.07) is 0. The van der Waals surface area contributed by atoms with Gasteiger partial charge in [0.25, 0.3) is 0 Å². The van der Waals surface area contributed by atoms with Gasteiger partial charge < -0.3 is 0 Å². The molecule has 0 saturated carbocycles. The van der Waals surface area contributed by atoms with E-state index in [1.165, 1.54) is 31.9 Å². The van der Waals surface area contributed by atoms with Crippen LogP contribution in [0.1, 0.15) is 52.9 Å². The SMILES string of the molecule is CCCCCC(C)(CC)N1CCN(S(C)(=O)=O)CC1. The van der Waals surface area contributed by atoms with Crippen LogP contribution in [0.3, 0.4) is 0 Å². The summed E-state index contributed by atoms with van der Waals surface area (Å²) in [7, 11) is -3.02. The van der Waals surface area contributed by atoms with Crippen molar-refractivity contribution >= 4 is 10.0 Å². The molecule has 0 amide bonds. The molecule has 0 aromatic rings. The second-order valence-corrected chi connectivity index (χ2v) is 7.94. The zero-order chi connectivity index (χ0) is 14.5. The molecule has 0 aromatic carbocycles. The topological polar surface area (TPSA) is 40.6 Å². The lowest BCUT2D eigenvalue weighted by Crippen LogP contribution is -2.56. The van der Waals surface area contributed by atoms with Crippen molar-refractivity contribution in [3.63, 3.8) is 0 Å². The molecule has 1 aliphatic rings. The van der Waals surface area contributed by atoms with E-state index in [1.54, 1.807) is 4.31 Å². The molecule has 19 heavy (non-hydrogen) atoms. The Balaban J connectivity index is 2.55. The summed E-state index contributed by atoms with van der Waals surface area (Å²) in [4.78, 5) is 2.49. The van der Waals surface area contributed by atoms with E-state index in [0.29, 0.717) is 13.1 Å². The lowest BCUT2D eigenvalue weighted by molar-refractivity contribution is 0.0545. The average Bonchev–Trinajstić information content (AvgIpc) is 2.38. The third-order valence-corrected chi connectivity index (χ3v) is 5.85. The van der Waals surface area contributed by atoms with Crippen LogP contribution in [-0.4, -0.2) is 55.6 Å². The van der Waals surface area contributed by atoms with E-state index in [4.69, 9.17) is 0 Å². The normalized spacial score (nSPS) is 22.3. The average molecular weight is 290 g/mol. The summed E-state index contributed by atoms with van der Waals surface area (Å²) in [5.74, 6) is 0. The van der Waals surface area contributed by atoms with Gasteiger partial charge in [0.1, 0.15) is 0 Å². The van der Waals surface area contributed by atoms with Crippen LogP contribution in [0.25, 0.3) is 0 Å². The summed E-state index contributed by atoms with van der Waals surface area (Å²) in [5.41, 5.74) is 0.235. The van der Waals surface area contributed by atoms with E-state index in [-0.39, 0.29) is 5.54 Å². The summed E-state index contributed by atoms with van der Waals surface area (Å²) in [5, 5.41) is 0. The lowest BCUT2D eigenvalue weighted by Gasteiger charge is -2.45. The van der Waals surface area contributed by atoms with Crippen LogP contribution in [0.15, 0.2) is 0 Å². The van der Waals surface area contributed by atoms with Crippen LogP contribution < -0.4 is 0 Å². The minimum absolute atomic E-state index is 0.235. The smallest absolute Gasteiger partial charge is 0.211 e. The molecule has 0 radical (unpaired) electrons. The van der Waals surface area contributed by atoms with Crippen LogP contribution >= 0.6 is 0 Å².